The molecule has 90 valence electrons. The second-order valence-corrected chi connectivity index (χ2v) is 13.4. The fourth-order valence-corrected chi connectivity index (χ4v) is 14.1. The number of hydrogen-bond donors (Lipinski definition) is 0. The maximum atomic E-state index is 2.04. The molecule has 0 aromatic heterocycles. The predicted molar refractivity (Wildman–Crippen MR) is 96.4 cm³/mol. The van der Waals surface area contributed by atoms with Gasteiger partial charge < -0.3 is 0 Å². The molecular weight excluding hydrogens is 365 g/mol. The molecule has 0 spiro atoms. The topological polar surface area (TPSA) is 0 Å². The summed E-state index contributed by atoms with van der Waals surface area (Å²) in [7, 11) is 0. The maximum Gasteiger partial charge on any atom is 0.0717 e. The molecule has 0 unspecified atom stereocenters. The third-order valence-corrected chi connectivity index (χ3v) is 14.1. The van der Waals surface area contributed by atoms with Crippen molar-refractivity contribution in [2.75, 3.05) is 16.6 Å². The van der Waals surface area contributed by atoms with Gasteiger partial charge in [0.25, 0.3) is 0 Å². The van der Waals surface area contributed by atoms with Crippen molar-refractivity contribution in [1.29, 1.82) is 0 Å². The normalized spacial score (nSPS) is 28.2. The van der Waals surface area contributed by atoms with Crippen LogP contribution in [0, 0.1) is 0 Å². The lowest BCUT2D eigenvalue weighted by atomic mass is 11.0. The van der Waals surface area contributed by atoms with Gasteiger partial charge in [-0.3, -0.25) is 0 Å². The molecule has 0 aromatic rings. The van der Waals surface area contributed by atoms with Crippen LogP contribution in [-0.2, 0) is 0 Å². The van der Waals surface area contributed by atoms with E-state index in [0.29, 0.717) is 0 Å². The highest BCUT2D eigenvalue weighted by atomic mass is 32.3. The van der Waals surface area contributed by atoms with Crippen molar-refractivity contribution < 1.29 is 0 Å². The van der Waals surface area contributed by atoms with Crippen LogP contribution in [0.25, 0.3) is 0 Å². The van der Waals surface area contributed by atoms with E-state index in [2.05, 4.69) is 0 Å². The number of thioether (sulfide) groups is 8. The quantitative estimate of drug-likeness (QED) is 0.485. The smallest absolute Gasteiger partial charge is 0.0717 e. The standard InChI is InChI=1S/C9H6S8/c1-2-11-5-4(10-1)14-8(15-5)9-16-6-7(17-9)13-3-12-6/h1-3H2. The largest absolute Gasteiger partial charge is 0.116 e. The van der Waals surface area contributed by atoms with Gasteiger partial charge in [-0.1, -0.05) is 47.0 Å². The predicted octanol–water partition coefficient (Wildman–Crippen LogP) is 6.24. The van der Waals surface area contributed by atoms with E-state index in [0.717, 1.165) is 0 Å². The molecule has 0 bridgehead atoms. The molecule has 0 amide bonds. The zero-order valence-corrected chi connectivity index (χ0v) is 14.9. The van der Waals surface area contributed by atoms with E-state index in [9.17, 15) is 0 Å². The summed E-state index contributed by atoms with van der Waals surface area (Å²) in [6.07, 6.45) is 0. The Hall–Kier alpha value is 2.02. The van der Waals surface area contributed by atoms with Gasteiger partial charge in [-0.05, 0) is 0 Å². The Balaban J connectivity index is 1.55. The highest BCUT2D eigenvalue weighted by Crippen LogP contribution is 2.68. The van der Waals surface area contributed by atoms with Crippen molar-refractivity contribution in [2.45, 2.75) is 0 Å². The maximum absolute atomic E-state index is 2.04. The Bertz CT molecular complexity index is 435. The Morgan fingerprint density at radius 1 is 0.471 bits per heavy atom. The second kappa shape index (κ2) is 5.42. The molecule has 8 heteroatoms. The monoisotopic (exact) mass is 370 g/mol. The van der Waals surface area contributed by atoms with Gasteiger partial charge in [0.05, 0.1) is 25.4 Å². The molecular formula is C9H6S8. The molecule has 0 saturated carbocycles. The molecule has 4 heterocycles. The van der Waals surface area contributed by atoms with Gasteiger partial charge in [0.1, 0.15) is 0 Å². The van der Waals surface area contributed by atoms with Gasteiger partial charge in [0, 0.05) is 16.6 Å². The van der Waals surface area contributed by atoms with Gasteiger partial charge in [-0.2, -0.15) is 0 Å². The second-order valence-electron chi connectivity index (χ2n) is 3.24. The zero-order chi connectivity index (χ0) is 11.2. The molecule has 0 N–H and O–H groups in total. The fourth-order valence-electron chi connectivity index (χ4n) is 1.47. The first-order chi connectivity index (χ1) is 8.40. The van der Waals surface area contributed by atoms with Crippen LogP contribution in [0.1, 0.15) is 0 Å². The molecule has 4 rings (SSSR count). The van der Waals surface area contributed by atoms with Crippen LogP contribution in [0.5, 0.6) is 0 Å². The van der Waals surface area contributed by atoms with Gasteiger partial charge in [0.2, 0.25) is 0 Å². The van der Waals surface area contributed by atoms with Crippen molar-refractivity contribution in [3.8, 4) is 0 Å². The minimum absolute atomic E-state index is 1.22. The van der Waals surface area contributed by atoms with Crippen molar-refractivity contribution in [1.82, 2.24) is 0 Å². The zero-order valence-electron chi connectivity index (χ0n) is 8.39. The van der Waals surface area contributed by atoms with Gasteiger partial charge in [-0.15, -0.1) is 47.0 Å². The van der Waals surface area contributed by atoms with E-state index < -0.39 is 0 Å². The minimum Gasteiger partial charge on any atom is -0.116 e. The number of hydrogen-bond acceptors (Lipinski definition) is 8. The van der Waals surface area contributed by atoms with E-state index in [4.69, 9.17) is 0 Å². The van der Waals surface area contributed by atoms with Crippen molar-refractivity contribution in [3.05, 3.63) is 25.4 Å². The summed E-state index contributed by atoms with van der Waals surface area (Å²) >= 11 is 16.1. The van der Waals surface area contributed by atoms with Crippen LogP contribution in [0.15, 0.2) is 25.4 Å². The van der Waals surface area contributed by atoms with E-state index in [1.165, 1.54) is 25.1 Å². The van der Waals surface area contributed by atoms with Crippen LogP contribution < -0.4 is 0 Å². The SMILES string of the molecule is C1CSC2=C(S1)SC(=C1SC3=C(SCS3)S1)S2. The van der Waals surface area contributed by atoms with Crippen LogP contribution in [0.4, 0.5) is 0 Å². The van der Waals surface area contributed by atoms with Crippen LogP contribution in [0.3, 0.4) is 0 Å². The average Bonchev–Trinajstić information content (AvgIpc) is 3.01. The van der Waals surface area contributed by atoms with E-state index in [1.54, 1.807) is 16.9 Å². The van der Waals surface area contributed by atoms with Crippen LogP contribution >= 0.6 is 94.1 Å². The van der Waals surface area contributed by atoms with Crippen molar-refractivity contribution >= 4 is 94.1 Å². The summed E-state index contributed by atoms with van der Waals surface area (Å²) in [6.45, 7) is 0. The molecule has 0 saturated heterocycles. The summed E-state index contributed by atoms with van der Waals surface area (Å²) in [5.41, 5.74) is 0. The first kappa shape index (κ1) is 12.7. The van der Waals surface area contributed by atoms with Gasteiger partial charge >= 0.3 is 0 Å². The Kier molecular flexibility index (Phi) is 4.06. The lowest BCUT2D eigenvalue weighted by Crippen LogP contribution is -1.88. The van der Waals surface area contributed by atoms with Crippen molar-refractivity contribution in [2.24, 2.45) is 0 Å². The molecule has 0 aliphatic carbocycles. The summed E-state index contributed by atoms with van der Waals surface area (Å²) in [5, 5.41) is 1.22. The molecule has 0 radical (unpaired) electrons. The highest BCUT2D eigenvalue weighted by Gasteiger charge is 2.33. The fraction of sp³-hybridized carbons (Fsp3) is 0.333. The average molecular weight is 371 g/mol. The molecule has 4 aliphatic heterocycles. The molecule has 0 atom stereocenters. The van der Waals surface area contributed by atoms with Gasteiger partial charge in [0.15, 0.2) is 0 Å². The molecule has 4 aliphatic rings. The first-order valence-electron chi connectivity index (χ1n) is 4.85. The number of rotatable bonds is 0. The lowest BCUT2D eigenvalue weighted by Gasteiger charge is -2.08. The third kappa shape index (κ3) is 2.50. The molecule has 0 fully saturated rings. The van der Waals surface area contributed by atoms with Gasteiger partial charge in [-0.25, -0.2) is 0 Å². The summed E-state index contributed by atoms with van der Waals surface area (Å²) < 4.78 is 9.27. The minimum atomic E-state index is 1.22. The highest BCUT2D eigenvalue weighted by molar-refractivity contribution is 8.48. The third-order valence-electron chi connectivity index (χ3n) is 2.17. The first-order valence-corrected chi connectivity index (χ1v) is 12.1. The molecule has 0 aromatic carbocycles. The van der Waals surface area contributed by atoms with E-state index in [1.807, 2.05) is 94.1 Å². The van der Waals surface area contributed by atoms with E-state index >= 15 is 0 Å². The Labute approximate surface area is 135 Å². The van der Waals surface area contributed by atoms with Crippen LogP contribution in [-0.4, -0.2) is 16.6 Å². The Morgan fingerprint density at radius 2 is 0.882 bits per heavy atom. The lowest BCUT2D eigenvalue weighted by molar-refractivity contribution is 1.56. The molecule has 0 nitrogen and oxygen atoms in total. The van der Waals surface area contributed by atoms with Crippen LogP contribution in [0.2, 0.25) is 0 Å². The van der Waals surface area contributed by atoms with E-state index in [-0.39, 0.29) is 0 Å². The van der Waals surface area contributed by atoms with Crippen molar-refractivity contribution in [3.63, 3.8) is 0 Å². The molecule has 17 heavy (non-hydrogen) atoms. The Morgan fingerprint density at radius 3 is 1.35 bits per heavy atom. The summed E-state index contributed by atoms with van der Waals surface area (Å²) in [6, 6.07) is 0. The summed E-state index contributed by atoms with van der Waals surface area (Å²) in [4.78, 5) is 0. The summed E-state index contributed by atoms with van der Waals surface area (Å²) in [5.74, 6) is 2.56.